The monoisotopic (exact) mass is 1350 g/mol. The predicted octanol–water partition coefficient (Wildman–Crippen LogP) is 19.1. The predicted molar refractivity (Wildman–Crippen MR) is 364 cm³/mol. The molecule has 0 bridgehead atoms. The summed E-state index contributed by atoms with van der Waals surface area (Å²) in [6.07, 6.45) is 3.25. The van der Waals surface area contributed by atoms with Crippen LogP contribution < -0.4 is 0 Å². The number of hydrogen-bond donors (Lipinski definition) is 1. The summed E-state index contributed by atoms with van der Waals surface area (Å²) in [6.45, 7) is 38.4. The van der Waals surface area contributed by atoms with Crippen LogP contribution in [-0.4, -0.2) is 71.2 Å². The van der Waals surface area contributed by atoms with Gasteiger partial charge in [0.2, 0.25) is 57.6 Å². The summed E-state index contributed by atoms with van der Waals surface area (Å²) in [6, 6.07) is 39.2. The van der Waals surface area contributed by atoms with E-state index >= 15 is 0 Å². The molecule has 0 unspecified atom stereocenters. The van der Waals surface area contributed by atoms with Crippen LogP contribution in [0.25, 0.3) is 48.9 Å². The van der Waals surface area contributed by atoms with Gasteiger partial charge in [-0.2, -0.15) is 0 Å². The first-order chi connectivity index (χ1) is 45.2. The van der Waals surface area contributed by atoms with Gasteiger partial charge in [0.1, 0.15) is 12.2 Å². The molecule has 0 saturated carbocycles. The number of carbonyl (C=O) groups excluding carboxylic acids is 3. The summed E-state index contributed by atoms with van der Waals surface area (Å²) in [5.74, 6) is 0.777. The minimum atomic E-state index is -0.683. The molecule has 3 aromatic heterocycles. The van der Waals surface area contributed by atoms with Crippen molar-refractivity contribution < 1.29 is 42.2 Å². The first-order valence-electron chi connectivity index (χ1n) is 30.5. The maximum absolute atomic E-state index is 12.1. The Morgan fingerprint density at radius 2 is 0.745 bits per heavy atom. The van der Waals surface area contributed by atoms with E-state index in [1.165, 1.54) is 0 Å². The Morgan fingerprint density at radius 3 is 1.00 bits per heavy atom. The third-order valence-corrected chi connectivity index (χ3v) is 16.8. The number of esters is 2. The number of ether oxygens (including phenoxy) is 2. The van der Waals surface area contributed by atoms with Crippen LogP contribution in [-0.2, 0) is 43.1 Å². The van der Waals surface area contributed by atoms with Crippen molar-refractivity contribution in [3.05, 3.63) is 228 Å². The van der Waals surface area contributed by atoms with E-state index in [2.05, 4.69) is 45.1 Å². The van der Waals surface area contributed by atoms with Crippen LogP contribution in [0.1, 0.15) is 149 Å². The van der Waals surface area contributed by atoms with E-state index in [9.17, 15) is 19.5 Å². The number of carbonyl (C=O) groups is 3. The van der Waals surface area contributed by atoms with Gasteiger partial charge in [-0.25, -0.2) is 14.5 Å². The lowest BCUT2D eigenvalue weighted by Gasteiger charge is -2.22. The molecule has 1 N–H and O–H groups in total. The first kappa shape index (κ1) is 74.0. The van der Waals surface area contributed by atoms with Gasteiger partial charge in [-0.15, -0.1) is 30.6 Å². The van der Waals surface area contributed by atoms with Crippen LogP contribution in [0.4, 0.5) is 17.1 Å². The Bertz CT molecular complexity index is 3910. The summed E-state index contributed by atoms with van der Waals surface area (Å²) in [4.78, 5) is 44.4. The minimum absolute atomic E-state index is 0.238. The Hall–Kier alpha value is -9.06. The third-order valence-electron chi connectivity index (χ3n) is 15.2. The zero-order valence-corrected chi connectivity index (χ0v) is 56.7. The topological polar surface area (TPSA) is 220 Å². The Balaban J connectivity index is 0.000000214. The van der Waals surface area contributed by atoms with Gasteiger partial charge >= 0.3 is 11.9 Å². The average Bonchev–Trinajstić information content (AvgIpc) is 1.45. The standard InChI is InChI=1S/2C24H24ClN3O3.C20H18ClN3O2.C4H7ClO/c2*1-5-9-21(29)30-16(3)19(14-18-12-13-20(26-4)22(25)15(18)2)24-28-27-23(31-24)17-10-7-6-8-11-17;1-12-15(9-10-17(22-3)18(12)21)11-16(13(2)25)20-24-23-19(26-20)14-7-5-4-6-8-14;1-2-3-4(5)6/h2*6-8,10-13,16,19H,5,9,14H2,1-3H3;4-10,13,16,25H,11H2,1-2H3;2-3H2,1H3/t2*16-,19+;13-,16+;/m000./s1. The highest BCUT2D eigenvalue weighted by Crippen LogP contribution is 2.39. The van der Waals surface area contributed by atoms with Crippen LogP contribution in [0.3, 0.4) is 0 Å². The summed E-state index contributed by atoms with van der Waals surface area (Å²) in [5, 5.41) is 36.5. The fourth-order valence-corrected chi connectivity index (χ4v) is 10.6. The molecule has 0 spiro atoms. The highest BCUT2D eigenvalue weighted by Gasteiger charge is 2.32. The molecule has 6 aromatic carbocycles. The number of benzene rings is 6. The van der Waals surface area contributed by atoms with E-state index in [1.54, 1.807) is 25.1 Å². The number of rotatable bonds is 23. The van der Waals surface area contributed by atoms with E-state index < -0.39 is 18.3 Å². The van der Waals surface area contributed by atoms with Crippen molar-refractivity contribution in [2.75, 3.05) is 0 Å². The lowest BCUT2D eigenvalue weighted by molar-refractivity contribution is -0.150. The van der Waals surface area contributed by atoms with Gasteiger partial charge in [-0.3, -0.25) is 14.4 Å². The van der Waals surface area contributed by atoms with Crippen molar-refractivity contribution in [3.63, 3.8) is 0 Å². The van der Waals surface area contributed by atoms with Crippen molar-refractivity contribution in [2.45, 2.75) is 156 Å². The second-order valence-electron chi connectivity index (χ2n) is 22.0. The van der Waals surface area contributed by atoms with Crippen molar-refractivity contribution in [2.24, 2.45) is 0 Å². The molecule has 0 aliphatic carbocycles. The maximum Gasteiger partial charge on any atom is 0.306 e. The Labute approximate surface area is 568 Å². The van der Waals surface area contributed by atoms with E-state index in [4.69, 9.17) is 88.8 Å². The second kappa shape index (κ2) is 37.0. The molecule has 0 saturated heterocycles. The van der Waals surface area contributed by atoms with Crippen LogP contribution in [0.5, 0.6) is 0 Å². The highest BCUT2D eigenvalue weighted by atomic mass is 35.5. The van der Waals surface area contributed by atoms with Gasteiger partial charge < -0.3 is 27.8 Å². The fraction of sp³-hybridized carbons (Fsp3) is 0.333. The normalized spacial score (nSPS) is 12.6. The molecule has 0 amide bonds. The van der Waals surface area contributed by atoms with Crippen molar-refractivity contribution in [1.29, 1.82) is 0 Å². The van der Waals surface area contributed by atoms with Gasteiger partial charge in [0.15, 0.2) is 0 Å². The molecule has 0 aliphatic heterocycles. The van der Waals surface area contributed by atoms with Gasteiger partial charge in [0, 0.05) is 36.0 Å². The summed E-state index contributed by atoms with van der Waals surface area (Å²) < 4.78 is 29.1. The lowest BCUT2D eigenvalue weighted by atomic mass is 9.92. The van der Waals surface area contributed by atoms with Crippen LogP contribution in [0, 0.1) is 40.5 Å². The second-order valence-corrected chi connectivity index (χ2v) is 23.5. The molecule has 18 nitrogen and oxygen atoms in total. The molecule has 488 valence electrons. The Kier molecular flexibility index (Phi) is 29.1. The molecule has 94 heavy (non-hydrogen) atoms. The molecule has 22 heteroatoms. The van der Waals surface area contributed by atoms with E-state index in [0.29, 0.717) is 119 Å². The van der Waals surface area contributed by atoms with Crippen molar-refractivity contribution in [3.8, 4) is 34.4 Å². The average molecular weight is 1350 g/mol. The number of aliphatic hydroxyl groups is 1. The third kappa shape index (κ3) is 20.7. The molecule has 0 aliphatic rings. The summed E-state index contributed by atoms with van der Waals surface area (Å²) >= 11 is 23.9. The summed E-state index contributed by atoms with van der Waals surface area (Å²) in [7, 11) is 0. The van der Waals surface area contributed by atoms with Crippen LogP contribution >= 0.6 is 46.4 Å². The fourth-order valence-electron chi connectivity index (χ4n) is 9.68. The quantitative estimate of drug-likeness (QED) is 0.0357. The van der Waals surface area contributed by atoms with Gasteiger partial charge in [0.05, 0.1) is 58.6 Å². The largest absolute Gasteiger partial charge is 0.462 e. The Morgan fingerprint density at radius 1 is 0.457 bits per heavy atom. The molecule has 0 fully saturated rings. The van der Waals surface area contributed by atoms with E-state index in [0.717, 1.165) is 56.5 Å². The molecule has 9 rings (SSSR count). The smallest absolute Gasteiger partial charge is 0.306 e. The molecule has 6 atom stereocenters. The number of hydrogen-bond acceptors (Lipinski definition) is 15. The zero-order chi connectivity index (χ0) is 68.4. The maximum atomic E-state index is 12.1. The number of halogens is 4. The first-order valence-corrected chi connectivity index (χ1v) is 32.1. The molecular weight excluding hydrogens is 1280 g/mol. The zero-order valence-electron chi connectivity index (χ0n) is 53.7. The van der Waals surface area contributed by atoms with Crippen molar-refractivity contribution in [1.82, 2.24) is 30.6 Å². The van der Waals surface area contributed by atoms with Gasteiger partial charge in [-0.1, -0.05) is 147 Å². The molecule has 9 aromatic rings. The number of aliphatic hydroxyl groups excluding tert-OH is 1. The molecular formula is C72H73Cl4N9O9. The van der Waals surface area contributed by atoms with E-state index in [1.807, 2.05) is 165 Å². The summed E-state index contributed by atoms with van der Waals surface area (Å²) in [5.41, 5.74) is 8.96. The van der Waals surface area contributed by atoms with Crippen molar-refractivity contribution >= 4 is 80.6 Å². The number of nitrogens with zero attached hydrogens (tertiary/aromatic N) is 9. The highest BCUT2D eigenvalue weighted by molar-refractivity contribution is 6.63. The van der Waals surface area contributed by atoms with Crippen LogP contribution in [0.2, 0.25) is 15.1 Å². The molecule has 3 heterocycles. The van der Waals surface area contributed by atoms with Gasteiger partial charge in [0.25, 0.3) is 0 Å². The van der Waals surface area contributed by atoms with E-state index in [-0.39, 0.29) is 34.9 Å². The number of aromatic nitrogens is 6. The minimum Gasteiger partial charge on any atom is -0.462 e. The SMILES string of the molecule is CCCC(=O)Cl.[C-]#[N+]c1ccc(C[C@@H](c2nnc(-c3ccccc3)o2)[C@H](C)O)c(C)c1Cl.[C-]#[N+]c1ccc(C[C@@H](c2nnc(-c3ccccc3)o2)[C@H](C)OC(=O)CCC)c(C)c1Cl.[C-]#[N+]c1ccc(C[C@@H](c2nnc(-c3ccccc3)o2)[C@H](C)OC(=O)CCC)c(C)c1Cl. The molecule has 0 radical (unpaired) electrons. The lowest BCUT2D eigenvalue weighted by Crippen LogP contribution is -2.25. The van der Waals surface area contributed by atoms with Gasteiger partial charge in [-0.05, 0) is 161 Å². The van der Waals surface area contributed by atoms with Crippen LogP contribution in [0.15, 0.2) is 141 Å².